The molecule has 0 heterocycles. The molecule has 1 aromatic carbocycles. The molecule has 0 unspecified atom stereocenters. The van der Waals surface area contributed by atoms with Gasteiger partial charge in [0, 0.05) is 24.2 Å². The van der Waals surface area contributed by atoms with Crippen LogP contribution in [-0.4, -0.2) is 39.4 Å². The van der Waals surface area contributed by atoms with E-state index in [1.165, 1.54) is 32.1 Å². The van der Waals surface area contributed by atoms with E-state index in [9.17, 15) is 0 Å². The minimum absolute atomic E-state index is 0.448. The second-order valence-corrected chi connectivity index (χ2v) is 5.64. The molecule has 0 aliphatic heterocycles. The fourth-order valence-electron chi connectivity index (χ4n) is 2.70. The van der Waals surface area contributed by atoms with E-state index >= 15 is 0 Å². The van der Waals surface area contributed by atoms with E-state index in [2.05, 4.69) is 10.3 Å². The van der Waals surface area contributed by atoms with Crippen molar-refractivity contribution in [1.82, 2.24) is 5.32 Å². The predicted octanol–water partition coefficient (Wildman–Crippen LogP) is 2.32. The van der Waals surface area contributed by atoms with Crippen molar-refractivity contribution in [2.75, 3.05) is 27.4 Å². The van der Waals surface area contributed by atoms with Crippen LogP contribution in [0.1, 0.15) is 32.1 Å². The molecule has 0 bridgehead atoms. The van der Waals surface area contributed by atoms with Crippen LogP contribution in [0.15, 0.2) is 23.2 Å². The third-order valence-corrected chi connectivity index (χ3v) is 3.92. The summed E-state index contributed by atoms with van der Waals surface area (Å²) in [4.78, 5) is 4.31. The summed E-state index contributed by atoms with van der Waals surface area (Å²) in [6.07, 6.45) is 6.22. The molecule has 6 heteroatoms. The Morgan fingerprint density at radius 1 is 1.09 bits per heavy atom. The van der Waals surface area contributed by atoms with Crippen molar-refractivity contribution in [2.24, 2.45) is 10.7 Å². The number of nitrogens with one attached hydrogen (secondary N) is 1. The lowest BCUT2D eigenvalue weighted by Gasteiger charge is -2.23. The highest BCUT2D eigenvalue weighted by molar-refractivity contribution is 5.78. The largest absolute Gasteiger partial charge is 0.496 e. The maximum atomic E-state index is 5.92. The highest BCUT2D eigenvalue weighted by Crippen LogP contribution is 2.27. The minimum Gasteiger partial charge on any atom is -0.496 e. The topological polar surface area (TPSA) is 78.1 Å². The second kappa shape index (κ2) is 9.12. The van der Waals surface area contributed by atoms with Gasteiger partial charge in [0.2, 0.25) is 0 Å². The molecule has 0 saturated heterocycles. The summed E-state index contributed by atoms with van der Waals surface area (Å²) < 4.78 is 16.1. The lowest BCUT2D eigenvalue weighted by molar-refractivity contribution is 0.320. The zero-order valence-electron chi connectivity index (χ0n) is 14.0. The first-order chi connectivity index (χ1) is 11.2. The number of rotatable bonds is 7. The lowest BCUT2D eigenvalue weighted by atomic mass is 9.96. The van der Waals surface area contributed by atoms with Gasteiger partial charge >= 0.3 is 0 Å². The van der Waals surface area contributed by atoms with Crippen LogP contribution in [0.4, 0.5) is 0 Å². The maximum absolute atomic E-state index is 5.92. The van der Waals surface area contributed by atoms with Crippen molar-refractivity contribution in [3.63, 3.8) is 0 Å². The molecule has 0 atom stereocenters. The van der Waals surface area contributed by atoms with Crippen molar-refractivity contribution in [3.05, 3.63) is 18.2 Å². The first-order valence-electron chi connectivity index (χ1n) is 8.13. The van der Waals surface area contributed by atoms with E-state index in [0.29, 0.717) is 42.4 Å². The van der Waals surface area contributed by atoms with Crippen molar-refractivity contribution in [2.45, 2.75) is 38.1 Å². The van der Waals surface area contributed by atoms with Gasteiger partial charge in [0.25, 0.3) is 0 Å². The number of methoxy groups -OCH3 is 2. The number of aliphatic imine (C=N–C) groups is 1. The smallest absolute Gasteiger partial charge is 0.188 e. The summed E-state index contributed by atoms with van der Waals surface area (Å²) in [7, 11) is 3.22. The first-order valence-corrected chi connectivity index (χ1v) is 8.13. The number of ether oxygens (including phenoxy) is 3. The molecule has 0 spiro atoms. The summed E-state index contributed by atoms with van der Waals surface area (Å²) in [5, 5.41) is 3.29. The number of guanidine groups is 1. The van der Waals surface area contributed by atoms with Gasteiger partial charge in [-0.3, -0.25) is 0 Å². The summed E-state index contributed by atoms with van der Waals surface area (Å²) in [6.45, 7) is 0.953. The van der Waals surface area contributed by atoms with Gasteiger partial charge in [0.15, 0.2) is 5.96 Å². The van der Waals surface area contributed by atoms with Gasteiger partial charge in [-0.15, -0.1) is 0 Å². The van der Waals surface area contributed by atoms with Gasteiger partial charge in [-0.05, 0) is 12.8 Å². The lowest BCUT2D eigenvalue weighted by Crippen LogP contribution is -2.41. The van der Waals surface area contributed by atoms with Crippen LogP contribution in [0.3, 0.4) is 0 Å². The summed E-state index contributed by atoms with van der Waals surface area (Å²) in [5.41, 5.74) is 5.92. The molecular weight excluding hydrogens is 294 g/mol. The van der Waals surface area contributed by atoms with Gasteiger partial charge in [0.1, 0.15) is 23.9 Å². The molecule has 1 aromatic rings. The third-order valence-electron chi connectivity index (χ3n) is 3.92. The quantitative estimate of drug-likeness (QED) is 0.458. The minimum atomic E-state index is 0.448. The second-order valence-electron chi connectivity index (χ2n) is 5.64. The van der Waals surface area contributed by atoms with Crippen LogP contribution in [0.5, 0.6) is 17.2 Å². The zero-order chi connectivity index (χ0) is 16.5. The highest BCUT2D eigenvalue weighted by Gasteiger charge is 2.13. The number of hydrogen-bond donors (Lipinski definition) is 2. The Hall–Kier alpha value is -2.11. The van der Waals surface area contributed by atoms with Gasteiger partial charge in [-0.2, -0.15) is 0 Å². The van der Waals surface area contributed by atoms with Gasteiger partial charge in [-0.1, -0.05) is 19.3 Å². The molecule has 1 fully saturated rings. The molecule has 0 aromatic heterocycles. The standard InChI is InChI=1S/C17H27N3O3/c1-21-14-10-15(22-2)12-16(11-14)23-9-8-19-17(18)20-13-6-4-3-5-7-13/h10-13H,3-9H2,1-2H3,(H3,18,19,20). The first kappa shape index (κ1) is 17.2. The summed E-state index contributed by atoms with van der Waals surface area (Å²) in [5.74, 6) is 2.58. The van der Waals surface area contributed by atoms with Crippen LogP contribution < -0.4 is 25.3 Å². The molecule has 1 aliphatic carbocycles. The number of hydrogen-bond acceptors (Lipinski definition) is 4. The van der Waals surface area contributed by atoms with Crippen molar-refractivity contribution >= 4 is 5.96 Å². The van der Waals surface area contributed by atoms with E-state index in [1.54, 1.807) is 20.3 Å². The number of nitrogens with two attached hydrogens (primary N) is 1. The van der Waals surface area contributed by atoms with Crippen LogP contribution >= 0.6 is 0 Å². The van der Waals surface area contributed by atoms with Crippen molar-refractivity contribution < 1.29 is 14.2 Å². The number of nitrogens with zero attached hydrogens (tertiary/aromatic N) is 1. The van der Waals surface area contributed by atoms with E-state index in [0.717, 1.165) is 0 Å². The highest BCUT2D eigenvalue weighted by atomic mass is 16.5. The molecule has 2 rings (SSSR count). The molecule has 23 heavy (non-hydrogen) atoms. The molecule has 1 aliphatic rings. The maximum Gasteiger partial charge on any atom is 0.188 e. The van der Waals surface area contributed by atoms with Gasteiger partial charge < -0.3 is 25.3 Å². The van der Waals surface area contributed by atoms with Gasteiger partial charge in [-0.25, -0.2) is 4.99 Å². The van der Waals surface area contributed by atoms with E-state index < -0.39 is 0 Å². The van der Waals surface area contributed by atoms with Crippen LogP contribution in [0.2, 0.25) is 0 Å². The van der Waals surface area contributed by atoms with E-state index in [1.807, 2.05) is 12.1 Å². The Morgan fingerprint density at radius 3 is 2.30 bits per heavy atom. The van der Waals surface area contributed by atoms with Crippen molar-refractivity contribution in [3.8, 4) is 17.2 Å². The van der Waals surface area contributed by atoms with Crippen LogP contribution in [0.25, 0.3) is 0 Å². The Bertz CT molecular complexity index is 492. The average Bonchev–Trinajstić information content (AvgIpc) is 2.59. The molecular formula is C17H27N3O3. The molecule has 0 radical (unpaired) electrons. The molecule has 0 amide bonds. The summed E-state index contributed by atoms with van der Waals surface area (Å²) in [6, 6.07) is 5.90. The fourth-order valence-corrected chi connectivity index (χ4v) is 2.70. The Balaban J connectivity index is 1.76. The normalized spacial score (nSPS) is 16.0. The number of benzene rings is 1. The van der Waals surface area contributed by atoms with E-state index in [4.69, 9.17) is 19.9 Å². The monoisotopic (exact) mass is 321 g/mol. The zero-order valence-corrected chi connectivity index (χ0v) is 14.0. The molecule has 6 nitrogen and oxygen atoms in total. The molecule has 1 saturated carbocycles. The van der Waals surface area contributed by atoms with Crippen molar-refractivity contribution in [1.29, 1.82) is 0 Å². The Kier molecular flexibility index (Phi) is 6.84. The fraction of sp³-hybridized carbons (Fsp3) is 0.588. The van der Waals surface area contributed by atoms with E-state index in [-0.39, 0.29) is 0 Å². The van der Waals surface area contributed by atoms with Crippen LogP contribution in [0, 0.1) is 0 Å². The summed E-state index contributed by atoms with van der Waals surface area (Å²) >= 11 is 0. The Labute approximate surface area is 138 Å². The molecule has 128 valence electrons. The van der Waals surface area contributed by atoms with Gasteiger partial charge in [0.05, 0.1) is 20.8 Å². The predicted molar refractivity (Wildman–Crippen MR) is 91.5 cm³/mol. The molecule has 3 N–H and O–H groups in total. The third kappa shape index (κ3) is 5.88. The Morgan fingerprint density at radius 2 is 1.70 bits per heavy atom. The average molecular weight is 321 g/mol. The SMILES string of the molecule is COc1cc(OC)cc(OCCN=C(N)NC2CCCCC2)c1. The van der Waals surface area contributed by atoms with Crippen LogP contribution in [-0.2, 0) is 0 Å².